The lowest BCUT2D eigenvalue weighted by Crippen LogP contribution is -2.49. The Labute approximate surface area is 132 Å². The molecule has 1 aromatic heterocycles. The second-order valence-corrected chi connectivity index (χ2v) is 6.45. The zero-order valence-corrected chi connectivity index (χ0v) is 13.9. The Bertz CT molecular complexity index is 548. The first-order valence-corrected chi connectivity index (χ1v) is 8.24. The quantitative estimate of drug-likeness (QED) is 0.793. The van der Waals surface area contributed by atoms with Gasteiger partial charge in [-0.3, -0.25) is 4.79 Å². The molecule has 1 saturated heterocycles. The van der Waals surface area contributed by atoms with E-state index in [1.807, 2.05) is 0 Å². The minimum absolute atomic E-state index is 0.0974. The number of anilines is 1. The fraction of sp³-hybridized carbons (Fsp3) is 0.647. The van der Waals surface area contributed by atoms with E-state index < -0.39 is 0 Å². The van der Waals surface area contributed by atoms with Crippen LogP contribution >= 0.6 is 0 Å². The van der Waals surface area contributed by atoms with Gasteiger partial charge in [-0.25, -0.2) is 4.98 Å². The average molecular weight is 304 g/mol. The Balaban J connectivity index is 1.87. The van der Waals surface area contributed by atoms with Gasteiger partial charge in [0.05, 0.1) is 0 Å². The highest BCUT2D eigenvalue weighted by Crippen LogP contribution is 2.15. The number of piperidine rings is 1. The van der Waals surface area contributed by atoms with E-state index in [1.165, 1.54) is 5.57 Å². The summed E-state index contributed by atoms with van der Waals surface area (Å²) in [5.74, 6) is 0.547. The third-order valence-electron chi connectivity index (χ3n) is 4.08. The standard InChI is InChI=1S/C17H28N4O/c1-13(2)6-4-7-14(3)20-15-8-5-11-21(12-15)16-17(22)19-10-9-18-16/h6,9-10,14-15,20H,4-5,7-8,11-12H2,1-3H3,(H,19,22). The highest BCUT2D eigenvalue weighted by Gasteiger charge is 2.23. The van der Waals surface area contributed by atoms with Crippen LogP contribution in [0.25, 0.3) is 0 Å². The second kappa shape index (κ2) is 8.13. The Kier molecular flexibility index (Phi) is 6.19. The number of hydrogen-bond acceptors (Lipinski definition) is 4. The summed E-state index contributed by atoms with van der Waals surface area (Å²) in [5.41, 5.74) is 1.28. The fourth-order valence-electron chi connectivity index (χ4n) is 2.98. The maximum atomic E-state index is 11.9. The number of rotatable bonds is 6. The molecular weight excluding hydrogens is 276 g/mol. The number of aromatic nitrogens is 2. The number of H-pyrrole nitrogens is 1. The molecule has 5 nitrogen and oxygen atoms in total. The van der Waals surface area contributed by atoms with Gasteiger partial charge in [0, 0.05) is 37.6 Å². The van der Waals surface area contributed by atoms with Crippen LogP contribution in [0.5, 0.6) is 0 Å². The van der Waals surface area contributed by atoms with Gasteiger partial charge in [-0.05, 0) is 46.5 Å². The van der Waals surface area contributed by atoms with Crippen molar-refractivity contribution in [1.29, 1.82) is 0 Å². The van der Waals surface area contributed by atoms with Crippen molar-refractivity contribution in [1.82, 2.24) is 15.3 Å². The van der Waals surface area contributed by atoms with Gasteiger partial charge in [-0.2, -0.15) is 0 Å². The molecule has 0 amide bonds. The van der Waals surface area contributed by atoms with Crippen molar-refractivity contribution in [3.8, 4) is 0 Å². The molecular formula is C17H28N4O. The fourth-order valence-corrected chi connectivity index (χ4v) is 2.98. The van der Waals surface area contributed by atoms with E-state index in [4.69, 9.17) is 0 Å². The molecule has 2 heterocycles. The molecule has 0 radical (unpaired) electrons. The van der Waals surface area contributed by atoms with Crippen LogP contribution in [0.3, 0.4) is 0 Å². The molecule has 1 aliphatic rings. The molecule has 2 rings (SSSR count). The Morgan fingerprint density at radius 1 is 1.59 bits per heavy atom. The summed E-state index contributed by atoms with van der Waals surface area (Å²) in [5, 5.41) is 3.70. The van der Waals surface area contributed by atoms with E-state index in [0.29, 0.717) is 17.9 Å². The minimum atomic E-state index is -0.0974. The zero-order valence-electron chi connectivity index (χ0n) is 13.9. The highest BCUT2D eigenvalue weighted by molar-refractivity contribution is 5.36. The van der Waals surface area contributed by atoms with Crippen molar-refractivity contribution in [2.45, 2.75) is 58.5 Å². The van der Waals surface area contributed by atoms with Crippen LogP contribution in [0.2, 0.25) is 0 Å². The first-order valence-electron chi connectivity index (χ1n) is 8.24. The number of nitrogens with one attached hydrogen (secondary N) is 2. The van der Waals surface area contributed by atoms with Gasteiger partial charge >= 0.3 is 0 Å². The van der Waals surface area contributed by atoms with Gasteiger partial charge in [0.25, 0.3) is 5.56 Å². The Morgan fingerprint density at radius 2 is 2.41 bits per heavy atom. The molecule has 1 fully saturated rings. The van der Waals surface area contributed by atoms with Crippen LogP contribution in [0.15, 0.2) is 28.8 Å². The Morgan fingerprint density at radius 3 is 3.14 bits per heavy atom. The lowest BCUT2D eigenvalue weighted by Gasteiger charge is -2.35. The van der Waals surface area contributed by atoms with Gasteiger partial charge in [0.2, 0.25) is 0 Å². The molecule has 0 aliphatic carbocycles. The predicted molar refractivity (Wildman–Crippen MR) is 91.4 cm³/mol. The molecule has 1 aliphatic heterocycles. The molecule has 2 atom stereocenters. The van der Waals surface area contributed by atoms with E-state index in [2.05, 4.69) is 47.0 Å². The van der Waals surface area contributed by atoms with Crippen molar-refractivity contribution >= 4 is 5.82 Å². The Hall–Kier alpha value is -1.62. The van der Waals surface area contributed by atoms with E-state index in [1.54, 1.807) is 12.4 Å². The first-order chi connectivity index (χ1) is 10.6. The van der Waals surface area contributed by atoms with E-state index in [-0.39, 0.29) is 5.56 Å². The van der Waals surface area contributed by atoms with Crippen LogP contribution < -0.4 is 15.8 Å². The molecule has 22 heavy (non-hydrogen) atoms. The first kappa shape index (κ1) is 16.7. The van der Waals surface area contributed by atoms with Crippen LogP contribution in [0, 0.1) is 0 Å². The van der Waals surface area contributed by atoms with Crippen molar-refractivity contribution in [2.24, 2.45) is 0 Å². The number of hydrogen-bond donors (Lipinski definition) is 2. The minimum Gasteiger partial charge on any atom is -0.350 e. The van der Waals surface area contributed by atoms with Crippen LogP contribution in [0.1, 0.15) is 46.5 Å². The molecule has 0 aromatic carbocycles. The van der Waals surface area contributed by atoms with E-state index in [9.17, 15) is 4.79 Å². The van der Waals surface area contributed by atoms with Gasteiger partial charge in [0.1, 0.15) is 0 Å². The molecule has 0 saturated carbocycles. The summed E-state index contributed by atoms with van der Waals surface area (Å²) >= 11 is 0. The maximum absolute atomic E-state index is 11.9. The van der Waals surface area contributed by atoms with Gasteiger partial charge in [0.15, 0.2) is 5.82 Å². The predicted octanol–water partition coefficient (Wildman–Crippen LogP) is 2.46. The molecule has 2 N–H and O–H groups in total. The molecule has 0 spiro atoms. The summed E-state index contributed by atoms with van der Waals surface area (Å²) < 4.78 is 0. The summed E-state index contributed by atoms with van der Waals surface area (Å²) in [6.07, 6.45) is 10.0. The van der Waals surface area contributed by atoms with Crippen LogP contribution in [-0.4, -0.2) is 35.1 Å². The number of aromatic amines is 1. The number of allylic oxidation sites excluding steroid dienone is 2. The summed E-state index contributed by atoms with van der Waals surface area (Å²) in [6, 6.07) is 0.916. The average Bonchev–Trinajstić information content (AvgIpc) is 2.47. The zero-order chi connectivity index (χ0) is 15.9. The molecule has 0 bridgehead atoms. The van der Waals surface area contributed by atoms with Crippen molar-refractivity contribution in [3.63, 3.8) is 0 Å². The normalized spacial score (nSPS) is 19.8. The molecule has 5 heteroatoms. The third kappa shape index (κ3) is 4.98. The third-order valence-corrected chi connectivity index (χ3v) is 4.08. The largest absolute Gasteiger partial charge is 0.350 e. The lowest BCUT2D eigenvalue weighted by atomic mass is 10.0. The maximum Gasteiger partial charge on any atom is 0.290 e. The summed E-state index contributed by atoms with van der Waals surface area (Å²) in [7, 11) is 0. The van der Waals surface area contributed by atoms with Gasteiger partial charge < -0.3 is 15.2 Å². The number of nitrogens with zero attached hydrogens (tertiary/aromatic N) is 2. The van der Waals surface area contributed by atoms with E-state index >= 15 is 0 Å². The molecule has 1 aromatic rings. The second-order valence-electron chi connectivity index (χ2n) is 6.45. The summed E-state index contributed by atoms with van der Waals surface area (Å²) in [4.78, 5) is 20.9. The van der Waals surface area contributed by atoms with Gasteiger partial charge in [-0.1, -0.05) is 11.6 Å². The monoisotopic (exact) mass is 304 g/mol. The SMILES string of the molecule is CC(C)=CCCC(C)NC1CCCN(c2ncc[nH]c2=O)C1. The molecule has 122 valence electrons. The van der Waals surface area contributed by atoms with Crippen molar-refractivity contribution in [3.05, 3.63) is 34.4 Å². The molecule has 2 unspecified atom stereocenters. The lowest BCUT2D eigenvalue weighted by molar-refractivity contribution is 0.373. The van der Waals surface area contributed by atoms with Crippen molar-refractivity contribution in [2.75, 3.05) is 18.0 Å². The topological polar surface area (TPSA) is 61.0 Å². The van der Waals surface area contributed by atoms with E-state index in [0.717, 1.165) is 38.8 Å². The van der Waals surface area contributed by atoms with Crippen LogP contribution in [-0.2, 0) is 0 Å². The van der Waals surface area contributed by atoms with Gasteiger partial charge in [-0.15, -0.1) is 0 Å². The van der Waals surface area contributed by atoms with Crippen molar-refractivity contribution < 1.29 is 0 Å². The highest BCUT2D eigenvalue weighted by atomic mass is 16.1. The summed E-state index contributed by atoms with van der Waals surface area (Å²) in [6.45, 7) is 8.28. The van der Waals surface area contributed by atoms with Crippen LogP contribution in [0.4, 0.5) is 5.82 Å². The smallest absolute Gasteiger partial charge is 0.290 e.